The second kappa shape index (κ2) is 5.01. The number of aromatic nitrogens is 1. The zero-order valence-corrected chi connectivity index (χ0v) is 10.1. The van der Waals surface area contributed by atoms with Crippen molar-refractivity contribution in [2.24, 2.45) is 0 Å². The van der Waals surface area contributed by atoms with Crippen LogP contribution in [0.1, 0.15) is 28.5 Å². The van der Waals surface area contributed by atoms with Gasteiger partial charge in [0.05, 0.1) is 11.3 Å². The third-order valence-electron chi connectivity index (χ3n) is 2.75. The molecule has 2 nitrogen and oxygen atoms in total. The third-order valence-corrected chi connectivity index (χ3v) is 2.75. The summed E-state index contributed by atoms with van der Waals surface area (Å²) in [4.78, 5) is 3.98. The minimum absolute atomic E-state index is 0.174. The van der Waals surface area contributed by atoms with Gasteiger partial charge in [-0.15, -0.1) is 0 Å². The zero-order valence-electron chi connectivity index (χ0n) is 10.1. The Morgan fingerprint density at radius 3 is 2.53 bits per heavy atom. The largest absolute Gasteiger partial charge is 0.416 e. The van der Waals surface area contributed by atoms with Gasteiger partial charge >= 0.3 is 6.18 Å². The maximum Gasteiger partial charge on any atom is 0.416 e. The molecule has 1 aromatic heterocycles. The molecule has 19 heavy (non-hydrogen) atoms. The standard InChI is InChI=1S/C14H12F3NO/c1-9-5-6-18-12(7-9)13(19)10-3-2-4-11(8-10)14(15,16)17/h2-8,13,19H,1H3. The molecule has 2 aromatic rings. The molecule has 0 fully saturated rings. The van der Waals surface area contributed by atoms with E-state index in [9.17, 15) is 18.3 Å². The maximum atomic E-state index is 12.6. The van der Waals surface area contributed by atoms with Gasteiger partial charge in [0.1, 0.15) is 6.10 Å². The number of alkyl halides is 3. The molecule has 0 bridgehead atoms. The van der Waals surface area contributed by atoms with Crippen molar-refractivity contribution in [3.63, 3.8) is 0 Å². The molecule has 0 saturated heterocycles. The van der Waals surface area contributed by atoms with E-state index in [1.54, 1.807) is 12.1 Å². The first-order chi connectivity index (χ1) is 8.88. The number of hydrogen-bond acceptors (Lipinski definition) is 2. The Kier molecular flexibility index (Phi) is 3.57. The van der Waals surface area contributed by atoms with Crippen LogP contribution in [-0.2, 0) is 6.18 Å². The molecule has 1 aromatic carbocycles. The lowest BCUT2D eigenvalue weighted by molar-refractivity contribution is -0.137. The Hall–Kier alpha value is -1.88. The molecule has 1 atom stereocenters. The number of halogens is 3. The maximum absolute atomic E-state index is 12.6. The molecule has 0 aliphatic rings. The van der Waals surface area contributed by atoms with Crippen molar-refractivity contribution in [3.8, 4) is 0 Å². The highest BCUT2D eigenvalue weighted by atomic mass is 19.4. The van der Waals surface area contributed by atoms with Crippen molar-refractivity contribution in [2.45, 2.75) is 19.2 Å². The smallest absolute Gasteiger partial charge is 0.382 e. The predicted octanol–water partition coefficient (Wildman–Crippen LogP) is 3.49. The normalized spacial score (nSPS) is 13.3. The Bertz CT molecular complexity index is 581. The van der Waals surface area contributed by atoms with Gasteiger partial charge in [-0.05, 0) is 42.3 Å². The topological polar surface area (TPSA) is 33.1 Å². The highest BCUT2D eigenvalue weighted by molar-refractivity contribution is 5.32. The predicted molar refractivity (Wildman–Crippen MR) is 64.5 cm³/mol. The number of aryl methyl sites for hydroxylation is 1. The van der Waals surface area contributed by atoms with Gasteiger partial charge in [0.25, 0.3) is 0 Å². The van der Waals surface area contributed by atoms with Crippen LogP contribution >= 0.6 is 0 Å². The van der Waals surface area contributed by atoms with Crippen LogP contribution in [0.4, 0.5) is 13.2 Å². The van der Waals surface area contributed by atoms with Crippen molar-refractivity contribution >= 4 is 0 Å². The van der Waals surface area contributed by atoms with E-state index in [0.717, 1.165) is 17.7 Å². The number of nitrogens with zero attached hydrogens (tertiary/aromatic N) is 1. The highest BCUT2D eigenvalue weighted by Gasteiger charge is 2.31. The number of pyridine rings is 1. The molecule has 1 N–H and O–H groups in total. The van der Waals surface area contributed by atoms with Gasteiger partial charge < -0.3 is 5.11 Å². The van der Waals surface area contributed by atoms with Crippen molar-refractivity contribution < 1.29 is 18.3 Å². The molecular weight excluding hydrogens is 255 g/mol. The van der Waals surface area contributed by atoms with Crippen LogP contribution in [0, 0.1) is 6.92 Å². The number of aliphatic hydroxyl groups is 1. The van der Waals surface area contributed by atoms with Gasteiger partial charge in [-0.3, -0.25) is 4.98 Å². The first-order valence-electron chi connectivity index (χ1n) is 5.66. The van der Waals surface area contributed by atoms with Crippen molar-refractivity contribution in [3.05, 3.63) is 65.0 Å². The summed E-state index contributed by atoms with van der Waals surface area (Å²) < 4.78 is 37.8. The van der Waals surface area contributed by atoms with Gasteiger partial charge in [-0.2, -0.15) is 13.2 Å². The van der Waals surface area contributed by atoms with Crippen molar-refractivity contribution in [1.82, 2.24) is 4.98 Å². The van der Waals surface area contributed by atoms with Crippen LogP contribution < -0.4 is 0 Å². The zero-order chi connectivity index (χ0) is 14.0. The third kappa shape index (κ3) is 3.12. The quantitative estimate of drug-likeness (QED) is 0.903. The van der Waals surface area contributed by atoms with Gasteiger partial charge in [0.2, 0.25) is 0 Å². The van der Waals surface area contributed by atoms with Gasteiger partial charge in [0, 0.05) is 6.20 Å². The van der Waals surface area contributed by atoms with Gasteiger partial charge in [0.15, 0.2) is 0 Å². The molecule has 0 aliphatic heterocycles. The van der Waals surface area contributed by atoms with Crippen molar-refractivity contribution in [2.75, 3.05) is 0 Å². The van der Waals surface area contributed by atoms with E-state index < -0.39 is 17.8 Å². The Morgan fingerprint density at radius 2 is 1.89 bits per heavy atom. The summed E-state index contributed by atoms with van der Waals surface area (Å²) in [6, 6.07) is 8.03. The summed E-state index contributed by atoms with van der Waals surface area (Å²) in [6.45, 7) is 1.82. The average Bonchev–Trinajstić information content (AvgIpc) is 2.37. The molecule has 1 unspecified atom stereocenters. The minimum Gasteiger partial charge on any atom is -0.382 e. The lowest BCUT2D eigenvalue weighted by Crippen LogP contribution is -2.08. The van der Waals surface area contributed by atoms with Crippen molar-refractivity contribution in [1.29, 1.82) is 0 Å². The first kappa shape index (κ1) is 13.5. The first-order valence-corrected chi connectivity index (χ1v) is 5.66. The molecule has 2 rings (SSSR count). The Labute approximate surface area is 108 Å². The molecular formula is C14H12F3NO. The fourth-order valence-electron chi connectivity index (χ4n) is 1.76. The summed E-state index contributed by atoms with van der Waals surface area (Å²) in [7, 11) is 0. The second-order valence-electron chi connectivity index (χ2n) is 4.28. The SMILES string of the molecule is Cc1ccnc(C(O)c2cccc(C(F)(F)F)c2)c1. The van der Waals surface area contributed by atoms with E-state index in [0.29, 0.717) is 5.69 Å². The van der Waals surface area contributed by atoms with Crippen LogP contribution in [0.2, 0.25) is 0 Å². The van der Waals surface area contributed by atoms with Crippen LogP contribution in [0.15, 0.2) is 42.6 Å². The lowest BCUT2D eigenvalue weighted by atomic mass is 10.0. The monoisotopic (exact) mass is 267 g/mol. The molecule has 0 spiro atoms. The Morgan fingerprint density at radius 1 is 1.16 bits per heavy atom. The fraction of sp³-hybridized carbons (Fsp3) is 0.214. The van der Waals surface area contributed by atoms with E-state index in [4.69, 9.17) is 0 Å². The number of aliphatic hydroxyl groups excluding tert-OH is 1. The highest BCUT2D eigenvalue weighted by Crippen LogP contribution is 2.31. The lowest BCUT2D eigenvalue weighted by Gasteiger charge is -2.13. The molecule has 5 heteroatoms. The minimum atomic E-state index is -4.42. The molecule has 0 saturated carbocycles. The van der Waals surface area contributed by atoms with E-state index in [2.05, 4.69) is 4.98 Å². The summed E-state index contributed by atoms with van der Waals surface area (Å²) in [6.07, 6.45) is -4.07. The summed E-state index contributed by atoms with van der Waals surface area (Å²) in [5, 5.41) is 10.1. The molecule has 0 radical (unpaired) electrons. The Balaban J connectivity index is 2.37. The van der Waals surface area contributed by atoms with Crippen LogP contribution in [0.25, 0.3) is 0 Å². The van der Waals surface area contributed by atoms with E-state index >= 15 is 0 Å². The van der Waals surface area contributed by atoms with Gasteiger partial charge in [-0.25, -0.2) is 0 Å². The molecule has 1 heterocycles. The summed E-state index contributed by atoms with van der Waals surface area (Å²) in [5.41, 5.74) is 0.611. The average molecular weight is 267 g/mol. The number of rotatable bonds is 2. The summed E-state index contributed by atoms with van der Waals surface area (Å²) in [5.74, 6) is 0. The number of benzene rings is 1. The van der Waals surface area contributed by atoms with Crippen LogP contribution in [0.5, 0.6) is 0 Å². The van der Waals surface area contributed by atoms with E-state index in [1.807, 2.05) is 6.92 Å². The molecule has 100 valence electrons. The second-order valence-corrected chi connectivity index (χ2v) is 4.28. The van der Waals surface area contributed by atoms with Gasteiger partial charge in [-0.1, -0.05) is 12.1 Å². The molecule has 0 aliphatic carbocycles. The van der Waals surface area contributed by atoms with Crippen LogP contribution in [0.3, 0.4) is 0 Å². The fourth-order valence-corrected chi connectivity index (χ4v) is 1.76. The van der Waals surface area contributed by atoms with E-state index in [-0.39, 0.29) is 5.56 Å². The van der Waals surface area contributed by atoms with E-state index in [1.165, 1.54) is 18.3 Å². The summed E-state index contributed by atoms with van der Waals surface area (Å²) >= 11 is 0. The molecule has 0 amide bonds. The number of hydrogen-bond donors (Lipinski definition) is 1. The van der Waals surface area contributed by atoms with Crippen LogP contribution in [-0.4, -0.2) is 10.1 Å².